The molecule has 3 N–H and O–H groups in total. The summed E-state index contributed by atoms with van der Waals surface area (Å²) < 4.78 is 0. The van der Waals surface area contributed by atoms with Crippen molar-refractivity contribution in [3.63, 3.8) is 0 Å². The molecule has 33 heavy (non-hydrogen) atoms. The number of hydrogen-bond acceptors (Lipinski definition) is 4. The molecule has 0 saturated carbocycles. The van der Waals surface area contributed by atoms with Crippen molar-refractivity contribution in [3.8, 4) is 11.8 Å². The number of aliphatic carboxylic acids is 1. The zero-order valence-corrected chi connectivity index (χ0v) is 18.3. The van der Waals surface area contributed by atoms with Crippen molar-refractivity contribution in [2.75, 3.05) is 4.90 Å². The normalized spacial score (nSPS) is 17.3. The van der Waals surface area contributed by atoms with E-state index in [0.717, 1.165) is 16.7 Å². The Bertz CT molecular complexity index is 1260. The molecule has 0 aromatic heterocycles. The van der Waals surface area contributed by atoms with Gasteiger partial charge in [-0.25, -0.2) is 0 Å². The van der Waals surface area contributed by atoms with E-state index in [1.807, 2.05) is 54.6 Å². The van der Waals surface area contributed by atoms with Crippen LogP contribution in [0.25, 0.3) is 0 Å². The first-order chi connectivity index (χ1) is 15.9. The summed E-state index contributed by atoms with van der Waals surface area (Å²) >= 11 is 1.28. The van der Waals surface area contributed by atoms with Crippen LogP contribution in [0.15, 0.2) is 78.9 Å². The third-order valence-electron chi connectivity index (χ3n) is 5.13. The zero-order chi connectivity index (χ0) is 23.4. The van der Waals surface area contributed by atoms with Crippen molar-refractivity contribution in [1.82, 2.24) is 0 Å². The van der Waals surface area contributed by atoms with Crippen LogP contribution in [0.2, 0.25) is 0 Å². The second kappa shape index (κ2) is 9.63. The minimum atomic E-state index is -1.04. The molecule has 1 fully saturated rings. The Morgan fingerprint density at radius 3 is 2.24 bits per heavy atom. The van der Waals surface area contributed by atoms with E-state index in [-0.39, 0.29) is 17.9 Å². The summed E-state index contributed by atoms with van der Waals surface area (Å²) in [4.78, 5) is 37.6. The molecule has 1 saturated heterocycles. The lowest BCUT2D eigenvalue weighted by Crippen LogP contribution is -2.32. The molecule has 7 heteroatoms. The van der Waals surface area contributed by atoms with Gasteiger partial charge in [-0.1, -0.05) is 48.2 Å². The van der Waals surface area contributed by atoms with Crippen LogP contribution in [0.4, 0.5) is 5.69 Å². The van der Waals surface area contributed by atoms with Gasteiger partial charge in [-0.15, -0.1) is 11.8 Å². The van der Waals surface area contributed by atoms with E-state index in [1.165, 1.54) is 16.7 Å². The Morgan fingerprint density at radius 1 is 0.939 bits per heavy atom. The van der Waals surface area contributed by atoms with Crippen molar-refractivity contribution >= 4 is 35.2 Å². The number of hydrogen-bond donors (Lipinski definition) is 2. The molecular formula is C26H20N2O4S. The van der Waals surface area contributed by atoms with Crippen LogP contribution in [0.3, 0.4) is 0 Å². The van der Waals surface area contributed by atoms with Gasteiger partial charge in [-0.3, -0.25) is 19.3 Å². The van der Waals surface area contributed by atoms with Crippen molar-refractivity contribution in [1.29, 1.82) is 0 Å². The molecule has 3 aromatic rings. The summed E-state index contributed by atoms with van der Waals surface area (Å²) in [6.45, 7) is 0. The molecule has 1 heterocycles. The molecule has 2 amide bonds. The first-order valence-corrected chi connectivity index (χ1v) is 11.1. The fourth-order valence-electron chi connectivity index (χ4n) is 3.54. The van der Waals surface area contributed by atoms with Crippen LogP contribution in [-0.4, -0.2) is 28.1 Å². The van der Waals surface area contributed by atoms with Crippen LogP contribution in [0.1, 0.15) is 38.8 Å². The SMILES string of the molecule is NC(=O)c1cccc(N2C(=O)[C@@H](CC(=O)O)S[C@H]2c2ccc(C#Cc3ccccc3)cc2)c1. The molecule has 1 aliphatic heterocycles. The highest BCUT2D eigenvalue weighted by Crippen LogP contribution is 2.46. The predicted molar refractivity (Wildman–Crippen MR) is 128 cm³/mol. The highest BCUT2D eigenvalue weighted by Gasteiger charge is 2.42. The van der Waals surface area contributed by atoms with E-state index in [0.29, 0.717) is 5.69 Å². The van der Waals surface area contributed by atoms with Crippen LogP contribution in [-0.2, 0) is 9.59 Å². The van der Waals surface area contributed by atoms with E-state index in [1.54, 1.807) is 24.3 Å². The number of benzene rings is 3. The maximum Gasteiger partial charge on any atom is 0.305 e. The van der Waals surface area contributed by atoms with Gasteiger partial charge in [0.25, 0.3) is 0 Å². The number of carboxylic acids is 1. The average molecular weight is 457 g/mol. The summed E-state index contributed by atoms with van der Waals surface area (Å²) in [6, 6.07) is 23.7. The number of carboxylic acid groups (broad SMARTS) is 1. The number of rotatable bonds is 5. The van der Waals surface area contributed by atoms with Gasteiger partial charge in [-0.05, 0) is 48.0 Å². The Balaban J connectivity index is 1.65. The van der Waals surface area contributed by atoms with E-state index in [9.17, 15) is 19.5 Å². The Kier molecular flexibility index (Phi) is 6.48. The highest BCUT2D eigenvalue weighted by atomic mass is 32.2. The quantitative estimate of drug-likeness (QED) is 0.569. The summed E-state index contributed by atoms with van der Waals surface area (Å²) in [6.07, 6.45) is -0.285. The van der Waals surface area contributed by atoms with E-state index >= 15 is 0 Å². The number of nitrogens with two attached hydrogens (primary N) is 1. The van der Waals surface area contributed by atoms with Crippen LogP contribution in [0, 0.1) is 11.8 Å². The Morgan fingerprint density at radius 2 is 1.61 bits per heavy atom. The van der Waals surface area contributed by atoms with Crippen molar-refractivity contribution < 1.29 is 19.5 Å². The van der Waals surface area contributed by atoms with Gasteiger partial charge in [0.2, 0.25) is 11.8 Å². The zero-order valence-electron chi connectivity index (χ0n) is 17.5. The summed E-state index contributed by atoms with van der Waals surface area (Å²) in [7, 11) is 0. The number of carbonyl (C=O) groups is 3. The lowest BCUT2D eigenvalue weighted by molar-refractivity contribution is -0.138. The summed E-state index contributed by atoms with van der Waals surface area (Å²) in [5, 5.41) is 8.07. The molecule has 4 rings (SSSR count). The molecule has 0 spiro atoms. The number of amides is 2. The second-order valence-corrected chi connectivity index (χ2v) is 8.72. The van der Waals surface area contributed by atoms with Gasteiger partial charge in [-0.2, -0.15) is 0 Å². The van der Waals surface area contributed by atoms with Gasteiger partial charge in [0.1, 0.15) is 5.37 Å². The van der Waals surface area contributed by atoms with Crippen molar-refractivity contribution in [2.24, 2.45) is 5.73 Å². The van der Waals surface area contributed by atoms with Crippen molar-refractivity contribution in [2.45, 2.75) is 17.0 Å². The van der Waals surface area contributed by atoms with Crippen LogP contribution >= 0.6 is 11.8 Å². The van der Waals surface area contributed by atoms with Crippen molar-refractivity contribution in [3.05, 3.63) is 101 Å². The molecule has 2 atom stereocenters. The Hall–Kier alpha value is -4.02. The monoisotopic (exact) mass is 456 g/mol. The molecular weight excluding hydrogens is 436 g/mol. The standard InChI is InChI=1S/C26H20N2O4S/c27-24(31)20-7-4-8-21(15-20)28-25(32)22(16-23(29)30)33-26(28)19-13-11-18(12-14-19)10-9-17-5-2-1-3-6-17/h1-8,11-15,22,26H,16H2,(H2,27,31)(H,29,30)/t22-,26+/m1/s1. The van der Waals surface area contributed by atoms with E-state index in [2.05, 4.69) is 11.8 Å². The predicted octanol–water partition coefficient (Wildman–Crippen LogP) is 3.81. The van der Waals surface area contributed by atoms with Crippen LogP contribution < -0.4 is 10.6 Å². The molecule has 0 aliphatic carbocycles. The first-order valence-electron chi connectivity index (χ1n) is 10.2. The Labute approximate surface area is 195 Å². The van der Waals surface area contributed by atoms with E-state index in [4.69, 9.17) is 5.73 Å². The van der Waals surface area contributed by atoms with E-state index < -0.39 is 22.5 Å². The second-order valence-electron chi connectivity index (χ2n) is 7.44. The number of nitrogens with zero attached hydrogens (tertiary/aromatic N) is 1. The third kappa shape index (κ3) is 5.08. The minimum Gasteiger partial charge on any atom is -0.481 e. The first kappa shape index (κ1) is 22.2. The van der Waals surface area contributed by atoms with Gasteiger partial charge >= 0.3 is 5.97 Å². The molecule has 0 unspecified atom stereocenters. The minimum absolute atomic E-state index is 0.275. The van der Waals surface area contributed by atoms with Gasteiger partial charge in [0.15, 0.2) is 0 Å². The summed E-state index contributed by atoms with van der Waals surface area (Å²) in [5.74, 6) is 4.27. The number of carbonyl (C=O) groups excluding carboxylic acids is 2. The molecule has 1 aliphatic rings. The lowest BCUT2D eigenvalue weighted by atomic mass is 10.1. The number of primary amides is 1. The number of anilines is 1. The smallest absolute Gasteiger partial charge is 0.305 e. The van der Waals surface area contributed by atoms with Gasteiger partial charge in [0, 0.05) is 22.4 Å². The maximum atomic E-state index is 13.1. The molecule has 164 valence electrons. The molecule has 0 bridgehead atoms. The molecule has 0 radical (unpaired) electrons. The third-order valence-corrected chi connectivity index (χ3v) is 6.57. The van der Waals surface area contributed by atoms with Gasteiger partial charge in [0.05, 0.1) is 11.7 Å². The highest BCUT2D eigenvalue weighted by molar-refractivity contribution is 8.01. The largest absolute Gasteiger partial charge is 0.481 e. The molecule has 3 aromatic carbocycles. The molecule has 6 nitrogen and oxygen atoms in total. The average Bonchev–Trinajstić information content (AvgIpc) is 3.14. The van der Waals surface area contributed by atoms with Crippen LogP contribution in [0.5, 0.6) is 0 Å². The fourth-order valence-corrected chi connectivity index (χ4v) is 4.98. The topological polar surface area (TPSA) is 101 Å². The lowest BCUT2D eigenvalue weighted by Gasteiger charge is -2.24. The fraction of sp³-hybridized carbons (Fsp3) is 0.115. The van der Waals surface area contributed by atoms with Gasteiger partial charge < -0.3 is 10.8 Å². The maximum absolute atomic E-state index is 13.1. The number of thioether (sulfide) groups is 1. The summed E-state index contributed by atoms with van der Waals surface area (Å²) in [5.41, 5.74) is 8.74.